The number of hydrogen-bond donors (Lipinski definition) is 1. The topological polar surface area (TPSA) is 76.1 Å². The number of amides is 1. The Hall–Kier alpha value is -3.12. The van der Waals surface area contributed by atoms with E-state index in [1.807, 2.05) is 44.2 Å². The first-order valence-corrected chi connectivity index (χ1v) is 12.3. The number of ether oxygens (including phenoxy) is 2. The van der Waals surface area contributed by atoms with Crippen molar-refractivity contribution in [2.75, 3.05) is 19.8 Å². The molecule has 0 spiro atoms. The Kier molecular flexibility index (Phi) is 8.73. The van der Waals surface area contributed by atoms with E-state index < -0.39 is 17.7 Å². The molecule has 1 N–H and O–H groups in total. The summed E-state index contributed by atoms with van der Waals surface area (Å²) in [5, 5.41) is 11.3. The summed E-state index contributed by atoms with van der Waals surface area (Å²) < 4.78 is 11.5. The van der Waals surface area contributed by atoms with Crippen LogP contribution in [0.2, 0.25) is 0 Å². The number of hydrogen-bond acceptors (Lipinski definition) is 5. The molecule has 0 aromatic heterocycles. The first-order valence-electron chi connectivity index (χ1n) is 12.3. The molecule has 3 rings (SSSR count). The van der Waals surface area contributed by atoms with Gasteiger partial charge in [0.05, 0.1) is 30.9 Å². The van der Waals surface area contributed by atoms with Crippen LogP contribution in [0, 0.1) is 5.92 Å². The number of aliphatic hydroxyl groups is 1. The predicted molar refractivity (Wildman–Crippen MR) is 137 cm³/mol. The molecule has 1 atom stereocenters. The number of rotatable bonds is 10. The summed E-state index contributed by atoms with van der Waals surface area (Å²) >= 11 is 0. The van der Waals surface area contributed by atoms with Crippen molar-refractivity contribution in [1.82, 2.24) is 4.90 Å². The lowest BCUT2D eigenvalue weighted by atomic mass is 9.93. The molecule has 1 fully saturated rings. The fourth-order valence-corrected chi connectivity index (χ4v) is 4.06. The number of benzene rings is 2. The molecule has 2 aromatic rings. The van der Waals surface area contributed by atoms with Gasteiger partial charge in [0.15, 0.2) is 0 Å². The fourth-order valence-electron chi connectivity index (χ4n) is 4.06. The van der Waals surface area contributed by atoms with E-state index in [4.69, 9.17) is 9.47 Å². The molecule has 1 saturated heterocycles. The second-order valence-electron chi connectivity index (χ2n) is 9.97. The molecule has 6 nitrogen and oxygen atoms in total. The van der Waals surface area contributed by atoms with Gasteiger partial charge in [-0.1, -0.05) is 64.1 Å². The second kappa shape index (κ2) is 11.5. The van der Waals surface area contributed by atoms with Crippen LogP contribution in [-0.2, 0) is 14.3 Å². The minimum Gasteiger partial charge on any atom is -0.507 e. The van der Waals surface area contributed by atoms with Crippen LogP contribution in [0.4, 0.5) is 0 Å². The smallest absolute Gasteiger partial charge is 0.295 e. The van der Waals surface area contributed by atoms with Crippen LogP contribution in [0.1, 0.15) is 70.2 Å². The minimum absolute atomic E-state index is 0.00387. The van der Waals surface area contributed by atoms with E-state index in [-0.39, 0.29) is 24.0 Å². The molecular weight excluding hydrogens is 442 g/mol. The van der Waals surface area contributed by atoms with E-state index in [0.717, 1.165) is 11.1 Å². The molecule has 0 bridgehead atoms. The van der Waals surface area contributed by atoms with Gasteiger partial charge in [-0.25, -0.2) is 0 Å². The second-order valence-corrected chi connectivity index (χ2v) is 9.97. The molecule has 1 aliphatic rings. The summed E-state index contributed by atoms with van der Waals surface area (Å²) in [7, 11) is 0. The van der Waals surface area contributed by atoms with Gasteiger partial charge in [-0.3, -0.25) is 9.59 Å². The molecule has 1 aliphatic heterocycles. The third-order valence-electron chi connectivity index (χ3n) is 5.93. The highest BCUT2D eigenvalue weighted by Crippen LogP contribution is 2.40. The first-order chi connectivity index (χ1) is 16.6. The van der Waals surface area contributed by atoms with Crippen molar-refractivity contribution < 1.29 is 24.2 Å². The summed E-state index contributed by atoms with van der Waals surface area (Å²) in [6.07, 6.45) is 0.00387. The van der Waals surface area contributed by atoms with Gasteiger partial charge in [0.2, 0.25) is 0 Å². The molecule has 6 heteroatoms. The first kappa shape index (κ1) is 26.5. The van der Waals surface area contributed by atoms with Crippen LogP contribution in [0.5, 0.6) is 5.75 Å². The Morgan fingerprint density at radius 3 is 2.29 bits per heavy atom. The maximum absolute atomic E-state index is 13.2. The monoisotopic (exact) mass is 479 g/mol. The number of ketones is 1. The molecule has 2 aromatic carbocycles. The zero-order valence-corrected chi connectivity index (χ0v) is 21.6. The molecular formula is C29H37NO5. The average molecular weight is 480 g/mol. The summed E-state index contributed by atoms with van der Waals surface area (Å²) in [6.45, 7) is 13.2. The number of Topliss-reactive ketones (excluding diaryl/α,β-unsaturated/α-hetero) is 1. The van der Waals surface area contributed by atoms with Crippen molar-refractivity contribution in [1.29, 1.82) is 0 Å². The third kappa shape index (κ3) is 6.31. The zero-order chi connectivity index (χ0) is 25.7. The lowest BCUT2D eigenvalue weighted by molar-refractivity contribution is -0.140. The van der Waals surface area contributed by atoms with Crippen molar-refractivity contribution in [3.63, 3.8) is 0 Å². The normalized spacial score (nSPS) is 17.7. The molecule has 1 amide bonds. The summed E-state index contributed by atoms with van der Waals surface area (Å²) in [6, 6.07) is 14.2. The maximum Gasteiger partial charge on any atom is 0.295 e. The summed E-state index contributed by atoms with van der Waals surface area (Å²) in [5.41, 5.74) is 2.44. The van der Waals surface area contributed by atoms with E-state index in [1.54, 1.807) is 18.2 Å². The highest BCUT2D eigenvalue weighted by Gasteiger charge is 2.45. The molecule has 0 aliphatic carbocycles. The van der Waals surface area contributed by atoms with Crippen molar-refractivity contribution in [2.45, 2.75) is 59.6 Å². The third-order valence-corrected chi connectivity index (χ3v) is 5.93. The molecule has 188 valence electrons. The van der Waals surface area contributed by atoms with Crippen molar-refractivity contribution in [2.24, 2.45) is 5.92 Å². The lowest BCUT2D eigenvalue weighted by Gasteiger charge is -2.26. The fraction of sp³-hybridized carbons (Fsp3) is 0.448. The van der Waals surface area contributed by atoms with E-state index in [0.29, 0.717) is 36.4 Å². The molecule has 0 radical (unpaired) electrons. The van der Waals surface area contributed by atoms with Gasteiger partial charge in [0.1, 0.15) is 11.5 Å². The number of nitrogens with zero attached hydrogens (tertiary/aromatic N) is 1. The Labute approximate surface area is 208 Å². The van der Waals surface area contributed by atoms with E-state index >= 15 is 0 Å². The Balaban J connectivity index is 2.05. The van der Waals surface area contributed by atoms with Gasteiger partial charge < -0.3 is 19.5 Å². The number of aliphatic hydroxyl groups excluding tert-OH is 1. The number of carbonyl (C=O) groups is 2. The zero-order valence-electron chi connectivity index (χ0n) is 21.6. The predicted octanol–water partition coefficient (Wildman–Crippen LogP) is 5.69. The van der Waals surface area contributed by atoms with Crippen LogP contribution in [0.3, 0.4) is 0 Å². The molecule has 1 heterocycles. The number of likely N-dealkylation sites (tertiary alicyclic amines) is 1. The van der Waals surface area contributed by atoms with Gasteiger partial charge in [-0.2, -0.15) is 0 Å². The number of carbonyl (C=O) groups excluding carboxylic acids is 2. The van der Waals surface area contributed by atoms with Crippen molar-refractivity contribution in [3.05, 3.63) is 70.8 Å². The minimum atomic E-state index is -0.702. The largest absolute Gasteiger partial charge is 0.507 e. The van der Waals surface area contributed by atoms with Gasteiger partial charge in [0, 0.05) is 12.1 Å². The highest BCUT2D eigenvalue weighted by atomic mass is 16.5. The van der Waals surface area contributed by atoms with Crippen LogP contribution in [0.15, 0.2) is 54.1 Å². The van der Waals surface area contributed by atoms with Gasteiger partial charge in [-0.05, 0) is 48.9 Å². The van der Waals surface area contributed by atoms with Crippen LogP contribution < -0.4 is 4.74 Å². The molecule has 0 saturated carbocycles. The van der Waals surface area contributed by atoms with Gasteiger partial charge >= 0.3 is 0 Å². The molecule has 1 unspecified atom stereocenters. The standard InChI is InChI=1S/C29H37NO5/c1-18(2)17-35-24-9-7-8-23(16-24)27(31)25-26(22-12-10-21(11-13-22)19(3)4)30(29(33)28(25)32)14-15-34-20(5)6/h7-13,16,18-20,26,31H,14-15,17H2,1-6H3/b27-25-. The Morgan fingerprint density at radius 1 is 1.00 bits per heavy atom. The SMILES string of the molecule is CC(C)COc1cccc(/C(O)=C2/C(=O)C(=O)N(CCOC(C)C)C2c2ccc(C(C)C)cc2)c1. The van der Waals surface area contributed by atoms with E-state index in [2.05, 4.69) is 27.7 Å². The quantitative estimate of drug-likeness (QED) is 0.269. The van der Waals surface area contributed by atoms with Crippen molar-refractivity contribution in [3.8, 4) is 5.75 Å². The molecule has 35 heavy (non-hydrogen) atoms. The van der Waals surface area contributed by atoms with E-state index in [9.17, 15) is 14.7 Å². The summed E-state index contributed by atoms with van der Waals surface area (Å²) in [4.78, 5) is 27.8. The maximum atomic E-state index is 13.2. The van der Waals surface area contributed by atoms with Crippen LogP contribution in [-0.4, -0.2) is 47.6 Å². The Bertz CT molecular complexity index is 1070. The van der Waals surface area contributed by atoms with E-state index in [1.165, 1.54) is 4.90 Å². The Morgan fingerprint density at radius 2 is 1.69 bits per heavy atom. The van der Waals surface area contributed by atoms with Crippen molar-refractivity contribution >= 4 is 17.4 Å². The van der Waals surface area contributed by atoms with Crippen LogP contribution >= 0.6 is 0 Å². The average Bonchev–Trinajstić information content (AvgIpc) is 3.07. The highest BCUT2D eigenvalue weighted by molar-refractivity contribution is 6.46. The summed E-state index contributed by atoms with van der Waals surface area (Å²) in [5.74, 6) is -0.242. The van der Waals surface area contributed by atoms with Crippen LogP contribution in [0.25, 0.3) is 5.76 Å². The van der Waals surface area contributed by atoms with Gasteiger partial charge in [-0.15, -0.1) is 0 Å². The lowest BCUT2D eigenvalue weighted by Crippen LogP contribution is -2.33. The van der Waals surface area contributed by atoms with Gasteiger partial charge in [0.25, 0.3) is 11.7 Å².